The van der Waals surface area contributed by atoms with Gasteiger partial charge < -0.3 is 5.32 Å². The van der Waals surface area contributed by atoms with Crippen LogP contribution in [0.1, 0.15) is 42.1 Å². The minimum Gasteiger partial charge on any atom is -0.316 e. The fourth-order valence-electron chi connectivity index (χ4n) is 2.89. The van der Waals surface area contributed by atoms with E-state index in [1.54, 1.807) is 0 Å². The first-order valence-electron chi connectivity index (χ1n) is 6.82. The first-order valence-corrected chi connectivity index (χ1v) is 6.82. The van der Waals surface area contributed by atoms with E-state index in [0.717, 1.165) is 25.1 Å². The molecule has 1 aliphatic rings. The Morgan fingerprint density at radius 3 is 2.70 bits per heavy atom. The lowest BCUT2D eigenvalue weighted by atomic mass is 9.76. The van der Waals surface area contributed by atoms with Crippen molar-refractivity contribution in [1.82, 2.24) is 5.32 Å². The molecule has 1 aromatic carbocycles. The number of benzene rings is 1. The van der Waals surface area contributed by atoms with Gasteiger partial charge >= 0.3 is 6.18 Å². The van der Waals surface area contributed by atoms with E-state index in [1.165, 1.54) is 12.1 Å². The molecule has 0 aromatic heterocycles. The first kappa shape index (κ1) is 15.0. The lowest BCUT2D eigenvalue weighted by molar-refractivity contribution is -0.137. The molecule has 1 heterocycles. The van der Waals surface area contributed by atoms with Gasteiger partial charge in [0, 0.05) is 17.5 Å². The summed E-state index contributed by atoms with van der Waals surface area (Å²) in [6.45, 7) is 3.28. The third kappa shape index (κ3) is 2.87. The number of hydrogen-bond donors (Lipinski definition) is 1. The monoisotopic (exact) mass is 285 g/mol. The Kier molecular flexibility index (Phi) is 4.18. The molecule has 2 nitrogen and oxygen atoms in total. The molecule has 20 heavy (non-hydrogen) atoms. The average Bonchev–Trinajstić information content (AvgIpc) is 2.87. The summed E-state index contributed by atoms with van der Waals surface area (Å²) in [7, 11) is 0. The Balaban J connectivity index is 2.33. The molecule has 1 unspecified atom stereocenters. The van der Waals surface area contributed by atoms with Crippen molar-refractivity contribution in [2.24, 2.45) is 5.41 Å². The van der Waals surface area contributed by atoms with Crippen LogP contribution in [0.15, 0.2) is 24.3 Å². The van der Waals surface area contributed by atoms with E-state index in [-0.39, 0.29) is 11.3 Å². The van der Waals surface area contributed by atoms with Gasteiger partial charge in [-0.2, -0.15) is 13.2 Å². The maximum absolute atomic E-state index is 12.7. The second-order valence-corrected chi connectivity index (χ2v) is 5.36. The van der Waals surface area contributed by atoms with E-state index in [4.69, 9.17) is 0 Å². The molecule has 0 saturated carbocycles. The lowest BCUT2D eigenvalue weighted by Gasteiger charge is -2.26. The molecule has 1 atom stereocenters. The van der Waals surface area contributed by atoms with Crippen molar-refractivity contribution in [2.45, 2.75) is 32.4 Å². The Morgan fingerprint density at radius 2 is 2.15 bits per heavy atom. The third-order valence-electron chi connectivity index (χ3n) is 3.91. The van der Waals surface area contributed by atoms with Gasteiger partial charge in [-0.05, 0) is 31.5 Å². The van der Waals surface area contributed by atoms with Gasteiger partial charge in [-0.15, -0.1) is 0 Å². The van der Waals surface area contributed by atoms with E-state index in [0.29, 0.717) is 19.4 Å². The van der Waals surface area contributed by atoms with Crippen molar-refractivity contribution in [3.63, 3.8) is 0 Å². The van der Waals surface area contributed by atoms with Crippen LogP contribution in [0.5, 0.6) is 0 Å². The van der Waals surface area contributed by atoms with Gasteiger partial charge in [-0.1, -0.05) is 25.5 Å². The Labute approximate surface area is 116 Å². The van der Waals surface area contributed by atoms with Gasteiger partial charge in [-0.3, -0.25) is 4.79 Å². The number of hydrogen-bond acceptors (Lipinski definition) is 2. The van der Waals surface area contributed by atoms with Crippen molar-refractivity contribution in [3.8, 4) is 0 Å². The lowest BCUT2D eigenvalue weighted by Crippen LogP contribution is -2.33. The molecule has 5 heteroatoms. The molecule has 1 aliphatic heterocycles. The second-order valence-electron chi connectivity index (χ2n) is 5.36. The number of nitrogens with one attached hydrogen (secondary N) is 1. The zero-order chi connectivity index (χ0) is 14.8. The van der Waals surface area contributed by atoms with E-state index in [1.807, 2.05) is 6.92 Å². The summed E-state index contributed by atoms with van der Waals surface area (Å²) >= 11 is 0. The van der Waals surface area contributed by atoms with Gasteiger partial charge in [0.15, 0.2) is 5.78 Å². The van der Waals surface area contributed by atoms with Gasteiger partial charge in [0.1, 0.15) is 0 Å². The summed E-state index contributed by atoms with van der Waals surface area (Å²) in [5.41, 5.74) is -1.14. The molecule has 0 spiro atoms. The average molecular weight is 285 g/mol. The fraction of sp³-hybridized carbons (Fsp3) is 0.533. The molecular formula is C15H18F3NO. The normalized spacial score (nSPS) is 23.0. The second kappa shape index (κ2) is 5.56. The van der Waals surface area contributed by atoms with Crippen LogP contribution in [-0.4, -0.2) is 18.9 Å². The summed E-state index contributed by atoms with van der Waals surface area (Å²) in [5, 5.41) is 3.15. The van der Waals surface area contributed by atoms with Crippen LogP contribution in [0.3, 0.4) is 0 Å². The number of Topliss-reactive ketones (excluding diaryl/α,β-unsaturated/α-hetero) is 1. The summed E-state index contributed by atoms with van der Waals surface area (Å²) in [6.07, 6.45) is -2.18. The highest BCUT2D eigenvalue weighted by Crippen LogP contribution is 2.36. The molecule has 1 fully saturated rings. The van der Waals surface area contributed by atoms with Crippen LogP contribution < -0.4 is 5.32 Å². The van der Waals surface area contributed by atoms with Crippen LogP contribution in [0.4, 0.5) is 13.2 Å². The molecule has 0 aliphatic carbocycles. The zero-order valence-corrected chi connectivity index (χ0v) is 11.4. The number of carbonyl (C=O) groups excluding carboxylic acids is 1. The smallest absolute Gasteiger partial charge is 0.316 e. The number of carbonyl (C=O) groups is 1. The predicted octanol–water partition coefficient (Wildman–Crippen LogP) is 3.67. The number of rotatable bonds is 4. The van der Waals surface area contributed by atoms with Gasteiger partial charge in [0.05, 0.1) is 5.56 Å². The van der Waals surface area contributed by atoms with Crippen molar-refractivity contribution in [3.05, 3.63) is 35.4 Å². The standard InChI is InChI=1S/C15H18F3NO/c1-2-6-14(7-8-19-10-14)13(20)11-4-3-5-12(9-11)15(16,17)18/h3-5,9,19H,2,6-8,10H2,1H3. The Bertz CT molecular complexity index is 490. The van der Waals surface area contributed by atoms with Gasteiger partial charge in [-0.25, -0.2) is 0 Å². The molecule has 1 saturated heterocycles. The quantitative estimate of drug-likeness (QED) is 0.855. The maximum Gasteiger partial charge on any atom is 0.416 e. The van der Waals surface area contributed by atoms with E-state index in [9.17, 15) is 18.0 Å². The molecule has 110 valence electrons. The topological polar surface area (TPSA) is 29.1 Å². The predicted molar refractivity (Wildman–Crippen MR) is 70.6 cm³/mol. The highest BCUT2D eigenvalue weighted by atomic mass is 19.4. The highest BCUT2D eigenvalue weighted by molar-refractivity contribution is 6.01. The number of halogens is 3. The summed E-state index contributed by atoms with van der Waals surface area (Å²) in [4.78, 5) is 12.6. The molecule has 0 bridgehead atoms. The molecule has 0 amide bonds. The fourth-order valence-corrected chi connectivity index (χ4v) is 2.89. The van der Waals surface area contributed by atoms with Crippen LogP contribution in [0.25, 0.3) is 0 Å². The molecular weight excluding hydrogens is 267 g/mol. The van der Waals surface area contributed by atoms with Gasteiger partial charge in [0.2, 0.25) is 0 Å². The first-order chi connectivity index (χ1) is 9.39. The van der Waals surface area contributed by atoms with Crippen molar-refractivity contribution in [1.29, 1.82) is 0 Å². The molecule has 1 N–H and O–H groups in total. The maximum atomic E-state index is 12.7. The zero-order valence-electron chi connectivity index (χ0n) is 11.4. The Hall–Kier alpha value is -1.36. The minimum absolute atomic E-state index is 0.164. The van der Waals surface area contributed by atoms with Crippen LogP contribution in [-0.2, 0) is 6.18 Å². The largest absolute Gasteiger partial charge is 0.416 e. The van der Waals surface area contributed by atoms with Crippen molar-refractivity contribution < 1.29 is 18.0 Å². The molecule has 0 radical (unpaired) electrons. The van der Waals surface area contributed by atoms with Crippen LogP contribution in [0.2, 0.25) is 0 Å². The summed E-state index contributed by atoms with van der Waals surface area (Å²) < 4.78 is 38.2. The van der Waals surface area contributed by atoms with Gasteiger partial charge in [0.25, 0.3) is 0 Å². The highest BCUT2D eigenvalue weighted by Gasteiger charge is 2.41. The van der Waals surface area contributed by atoms with Crippen LogP contribution >= 0.6 is 0 Å². The number of alkyl halides is 3. The van der Waals surface area contributed by atoms with Crippen LogP contribution in [0, 0.1) is 5.41 Å². The third-order valence-corrected chi connectivity index (χ3v) is 3.91. The van der Waals surface area contributed by atoms with E-state index < -0.39 is 17.2 Å². The molecule has 1 aromatic rings. The van der Waals surface area contributed by atoms with Crippen molar-refractivity contribution >= 4 is 5.78 Å². The van der Waals surface area contributed by atoms with E-state index >= 15 is 0 Å². The SMILES string of the molecule is CCCC1(C(=O)c2cccc(C(F)(F)F)c2)CCNC1. The van der Waals surface area contributed by atoms with Crippen molar-refractivity contribution in [2.75, 3.05) is 13.1 Å². The summed E-state index contributed by atoms with van der Waals surface area (Å²) in [6, 6.07) is 4.75. The van der Waals surface area contributed by atoms with E-state index in [2.05, 4.69) is 5.32 Å². The molecule has 2 rings (SSSR count). The minimum atomic E-state index is -4.41. The Morgan fingerprint density at radius 1 is 1.40 bits per heavy atom. The summed E-state index contributed by atoms with van der Waals surface area (Å²) in [5.74, 6) is -0.171. The number of ketones is 1.